The normalized spacial score (nSPS) is 30.3. The maximum absolute atomic E-state index is 3.86. The summed E-state index contributed by atoms with van der Waals surface area (Å²) in [4.78, 5) is 2.79. The van der Waals surface area contributed by atoms with Crippen LogP contribution in [-0.4, -0.2) is 36.6 Å². The Bertz CT molecular complexity index is 262. The zero-order chi connectivity index (χ0) is 15.8. The Morgan fingerprint density at radius 1 is 1.05 bits per heavy atom. The lowest BCUT2D eigenvalue weighted by molar-refractivity contribution is 0.0524. The minimum absolute atomic E-state index is 0.693. The zero-order valence-electron chi connectivity index (χ0n) is 15.5. The molecule has 0 radical (unpaired) electrons. The number of hydrogen-bond donors (Lipinski definition) is 1. The molecule has 0 aromatic heterocycles. The van der Waals surface area contributed by atoms with Gasteiger partial charge >= 0.3 is 0 Å². The van der Waals surface area contributed by atoms with E-state index in [1.54, 1.807) is 0 Å². The molecule has 1 rings (SSSR count). The highest BCUT2D eigenvalue weighted by atomic mass is 15.2. The summed E-state index contributed by atoms with van der Waals surface area (Å²) in [7, 11) is 0. The van der Waals surface area contributed by atoms with Crippen LogP contribution >= 0.6 is 0 Å². The first kappa shape index (κ1) is 19.0. The molecule has 0 bridgehead atoms. The van der Waals surface area contributed by atoms with Crippen molar-refractivity contribution in [2.75, 3.05) is 19.6 Å². The summed E-state index contributed by atoms with van der Waals surface area (Å²) >= 11 is 0. The third-order valence-electron chi connectivity index (χ3n) is 5.56. The summed E-state index contributed by atoms with van der Waals surface area (Å²) < 4.78 is 0. The van der Waals surface area contributed by atoms with E-state index in [1.807, 2.05) is 0 Å². The molecule has 0 aromatic carbocycles. The van der Waals surface area contributed by atoms with Crippen molar-refractivity contribution in [2.24, 2.45) is 17.8 Å². The first-order chi connectivity index (χ1) is 10.1. The summed E-state index contributed by atoms with van der Waals surface area (Å²) in [5.41, 5.74) is 0. The van der Waals surface area contributed by atoms with Gasteiger partial charge in [0.15, 0.2) is 0 Å². The number of rotatable bonds is 9. The van der Waals surface area contributed by atoms with Crippen molar-refractivity contribution in [3.8, 4) is 0 Å². The topological polar surface area (TPSA) is 15.3 Å². The Labute approximate surface area is 134 Å². The highest BCUT2D eigenvalue weighted by Crippen LogP contribution is 2.33. The molecule has 1 aliphatic rings. The molecule has 1 fully saturated rings. The Balaban J connectivity index is 2.78. The van der Waals surface area contributed by atoms with Crippen molar-refractivity contribution in [1.82, 2.24) is 10.2 Å². The molecule has 0 spiro atoms. The lowest BCUT2D eigenvalue weighted by atomic mass is 9.75. The quantitative estimate of drug-likeness (QED) is 0.671. The Kier molecular flexibility index (Phi) is 8.89. The van der Waals surface area contributed by atoms with Crippen molar-refractivity contribution in [1.29, 1.82) is 0 Å². The van der Waals surface area contributed by atoms with Crippen molar-refractivity contribution in [3.63, 3.8) is 0 Å². The van der Waals surface area contributed by atoms with E-state index in [4.69, 9.17) is 0 Å². The summed E-state index contributed by atoms with van der Waals surface area (Å²) in [5, 5.41) is 3.86. The van der Waals surface area contributed by atoms with E-state index in [9.17, 15) is 0 Å². The van der Waals surface area contributed by atoms with Crippen LogP contribution in [0.15, 0.2) is 0 Å². The van der Waals surface area contributed by atoms with Gasteiger partial charge in [-0.2, -0.15) is 0 Å². The first-order valence-corrected chi connectivity index (χ1v) is 9.54. The lowest BCUT2D eigenvalue weighted by Gasteiger charge is -2.47. The molecule has 4 atom stereocenters. The van der Waals surface area contributed by atoms with Crippen LogP contribution < -0.4 is 5.32 Å². The molecule has 2 heteroatoms. The monoisotopic (exact) mass is 296 g/mol. The molecule has 1 saturated carbocycles. The SMILES string of the molecule is CCCNC1CC(C)CC(C)C1N(CC)CC(CC)CC. The maximum atomic E-state index is 3.86. The van der Waals surface area contributed by atoms with Gasteiger partial charge in [0, 0.05) is 18.6 Å². The molecule has 4 unspecified atom stereocenters. The molecule has 1 N–H and O–H groups in total. The predicted molar refractivity (Wildman–Crippen MR) is 94.8 cm³/mol. The molecule has 2 nitrogen and oxygen atoms in total. The second-order valence-electron chi connectivity index (χ2n) is 7.38. The van der Waals surface area contributed by atoms with Crippen molar-refractivity contribution >= 4 is 0 Å². The third kappa shape index (κ3) is 5.56. The predicted octanol–water partition coefficient (Wildman–Crippen LogP) is 4.55. The fraction of sp³-hybridized carbons (Fsp3) is 1.00. The molecule has 0 saturated heterocycles. The zero-order valence-corrected chi connectivity index (χ0v) is 15.5. The van der Waals surface area contributed by atoms with E-state index < -0.39 is 0 Å². The third-order valence-corrected chi connectivity index (χ3v) is 5.56. The van der Waals surface area contributed by atoms with E-state index in [2.05, 4.69) is 51.8 Å². The van der Waals surface area contributed by atoms with Gasteiger partial charge in [-0.3, -0.25) is 4.90 Å². The van der Waals surface area contributed by atoms with Crippen LogP contribution in [-0.2, 0) is 0 Å². The second kappa shape index (κ2) is 9.84. The van der Waals surface area contributed by atoms with Gasteiger partial charge in [-0.1, -0.05) is 54.4 Å². The number of hydrogen-bond acceptors (Lipinski definition) is 2. The Morgan fingerprint density at radius 2 is 1.71 bits per heavy atom. The van der Waals surface area contributed by atoms with Gasteiger partial charge in [0.25, 0.3) is 0 Å². The van der Waals surface area contributed by atoms with Gasteiger partial charge in [-0.15, -0.1) is 0 Å². The molecule has 21 heavy (non-hydrogen) atoms. The van der Waals surface area contributed by atoms with Gasteiger partial charge in [0.2, 0.25) is 0 Å². The average molecular weight is 297 g/mol. The van der Waals surface area contributed by atoms with Crippen molar-refractivity contribution in [3.05, 3.63) is 0 Å². The lowest BCUT2D eigenvalue weighted by Crippen LogP contribution is -2.57. The van der Waals surface area contributed by atoms with Crippen LogP contribution in [0, 0.1) is 17.8 Å². The number of nitrogens with one attached hydrogen (secondary N) is 1. The van der Waals surface area contributed by atoms with Crippen molar-refractivity contribution in [2.45, 2.75) is 85.7 Å². The Morgan fingerprint density at radius 3 is 2.24 bits per heavy atom. The first-order valence-electron chi connectivity index (χ1n) is 9.54. The maximum Gasteiger partial charge on any atom is 0.0275 e. The molecule has 0 amide bonds. The van der Waals surface area contributed by atoms with Gasteiger partial charge in [0.1, 0.15) is 0 Å². The average Bonchev–Trinajstić information content (AvgIpc) is 2.47. The van der Waals surface area contributed by atoms with Crippen LogP contribution in [0.3, 0.4) is 0 Å². The molecule has 1 aliphatic carbocycles. The molecule has 126 valence electrons. The van der Waals surface area contributed by atoms with Gasteiger partial charge in [-0.05, 0) is 50.1 Å². The van der Waals surface area contributed by atoms with E-state index in [0.717, 1.165) is 23.8 Å². The largest absolute Gasteiger partial charge is 0.312 e. The fourth-order valence-corrected chi connectivity index (χ4v) is 4.33. The smallest absolute Gasteiger partial charge is 0.0275 e. The summed E-state index contributed by atoms with van der Waals surface area (Å²) in [6.07, 6.45) is 6.63. The Hall–Kier alpha value is -0.0800. The minimum Gasteiger partial charge on any atom is -0.312 e. The number of likely N-dealkylation sites (N-methyl/N-ethyl adjacent to an activating group) is 1. The van der Waals surface area contributed by atoms with Gasteiger partial charge in [-0.25, -0.2) is 0 Å². The highest BCUT2D eigenvalue weighted by molar-refractivity contribution is 4.94. The van der Waals surface area contributed by atoms with E-state index in [0.29, 0.717) is 6.04 Å². The van der Waals surface area contributed by atoms with Crippen LogP contribution in [0.4, 0.5) is 0 Å². The molecule has 0 heterocycles. The van der Waals surface area contributed by atoms with Crippen molar-refractivity contribution < 1.29 is 0 Å². The van der Waals surface area contributed by atoms with Crippen LogP contribution in [0.1, 0.15) is 73.6 Å². The van der Waals surface area contributed by atoms with Gasteiger partial charge < -0.3 is 5.32 Å². The van der Waals surface area contributed by atoms with Gasteiger partial charge in [0.05, 0.1) is 0 Å². The van der Waals surface area contributed by atoms with E-state index in [1.165, 1.54) is 51.7 Å². The highest BCUT2D eigenvalue weighted by Gasteiger charge is 2.37. The second-order valence-corrected chi connectivity index (χ2v) is 7.38. The van der Waals surface area contributed by atoms with Crippen LogP contribution in [0.2, 0.25) is 0 Å². The standard InChI is InChI=1S/C19H40N2/c1-7-11-20-18-13-15(5)12-16(6)19(18)21(10-4)14-17(8-2)9-3/h15-20H,7-14H2,1-6H3. The fourth-order valence-electron chi connectivity index (χ4n) is 4.33. The van der Waals surface area contributed by atoms with E-state index >= 15 is 0 Å². The molecular weight excluding hydrogens is 256 g/mol. The summed E-state index contributed by atoms with van der Waals surface area (Å²) in [6, 6.07) is 1.43. The van der Waals surface area contributed by atoms with Crippen LogP contribution in [0.5, 0.6) is 0 Å². The minimum atomic E-state index is 0.693. The molecule has 0 aliphatic heterocycles. The number of nitrogens with zero attached hydrogens (tertiary/aromatic N) is 1. The van der Waals surface area contributed by atoms with Crippen LogP contribution in [0.25, 0.3) is 0 Å². The summed E-state index contributed by atoms with van der Waals surface area (Å²) in [5.74, 6) is 2.55. The molecular formula is C19H40N2. The molecule has 0 aromatic rings. The van der Waals surface area contributed by atoms with E-state index in [-0.39, 0.29) is 0 Å². The summed E-state index contributed by atoms with van der Waals surface area (Å²) in [6.45, 7) is 17.9.